The SMILES string of the molecule is COc1cc2ccccc2cc1C(N[S+]([O-])C(C)(C)C)C1CCN(C(=O)OC(C)(C)C)CC1. The third kappa shape index (κ3) is 6.55. The quantitative estimate of drug-likeness (QED) is 0.572. The fourth-order valence-corrected chi connectivity index (χ4v) is 5.01. The number of rotatable bonds is 5. The Labute approximate surface area is 201 Å². The van der Waals surface area contributed by atoms with Crippen LogP contribution < -0.4 is 9.46 Å². The van der Waals surface area contributed by atoms with Crippen molar-refractivity contribution in [2.24, 2.45) is 5.92 Å². The predicted octanol–water partition coefficient (Wildman–Crippen LogP) is 5.59. The van der Waals surface area contributed by atoms with Gasteiger partial charge < -0.3 is 18.9 Å². The monoisotopic (exact) mass is 474 g/mol. The highest BCUT2D eigenvalue weighted by atomic mass is 32.2. The van der Waals surface area contributed by atoms with E-state index in [1.165, 1.54) is 0 Å². The highest BCUT2D eigenvalue weighted by molar-refractivity contribution is 7.90. The summed E-state index contributed by atoms with van der Waals surface area (Å²) in [5.74, 6) is 0.983. The van der Waals surface area contributed by atoms with Crippen molar-refractivity contribution in [3.05, 3.63) is 42.0 Å². The predicted molar refractivity (Wildman–Crippen MR) is 135 cm³/mol. The number of hydrogen-bond donors (Lipinski definition) is 1. The van der Waals surface area contributed by atoms with E-state index < -0.39 is 21.7 Å². The summed E-state index contributed by atoms with van der Waals surface area (Å²) in [5, 5.41) is 2.22. The van der Waals surface area contributed by atoms with Crippen LogP contribution in [0.3, 0.4) is 0 Å². The van der Waals surface area contributed by atoms with Crippen LogP contribution >= 0.6 is 0 Å². The molecule has 2 aromatic carbocycles. The first kappa shape index (κ1) is 25.7. The average molecular weight is 475 g/mol. The highest BCUT2D eigenvalue weighted by Crippen LogP contribution is 2.39. The van der Waals surface area contributed by atoms with Gasteiger partial charge in [0.05, 0.1) is 13.2 Å². The Hall–Kier alpha value is -1.96. The van der Waals surface area contributed by atoms with Crippen molar-refractivity contribution in [2.75, 3.05) is 20.2 Å². The number of benzene rings is 2. The number of carbonyl (C=O) groups excluding carboxylic acids is 1. The lowest BCUT2D eigenvalue weighted by atomic mass is 9.85. The third-order valence-corrected chi connectivity index (χ3v) is 7.47. The molecule has 2 atom stereocenters. The number of fused-ring (bicyclic) bond motifs is 1. The molecule has 0 spiro atoms. The molecule has 0 aliphatic carbocycles. The number of piperidine rings is 1. The summed E-state index contributed by atoms with van der Waals surface area (Å²) in [6, 6.07) is 12.2. The van der Waals surface area contributed by atoms with Crippen molar-refractivity contribution < 1.29 is 18.8 Å². The van der Waals surface area contributed by atoms with E-state index in [0.29, 0.717) is 13.1 Å². The lowest BCUT2D eigenvalue weighted by Crippen LogP contribution is -2.47. The van der Waals surface area contributed by atoms with E-state index >= 15 is 0 Å². The molecule has 7 heteroatoms. The molecule has 1 amide bonds. The van der Waals surface area contributed by atoms with Crippen molar-refractivity contribution >= 4 is 28.2 Å². The number of methoxy groups -OCH3 is 1. The molecule has 0 saturated carbocycles. The zero-order chi connectivity index (χ0) is 24.4. The molecule has 182 valence electrons. The minimum absolute atomic E-state index is 0.162. The van der Waals surface area contributed by atoms with Crippen LogP contribution in [0.15, 0.2) is 36.4 Å². The molecule has 1 fully saturated rings. The Morgan fingerprint density at radius 1 is 1.09 bits per heavy atom. The van der Waals surface area contributed by atoms with Gasteiger partial charge in [-0.25, -0.2) is 4.79 Å². The van der Waals surface area contributed by atoms with Crippen LogP contribution in [0.1, 0.15) is 66.0 Å². The van der Waals surface area contributed by atoms with Gasteiger partial charge >= 0.3 is 6.09 Å². The molecule has 1 aliphatic rings. The topological polar surface area (TPSA) is 73.9 Å². The van der Waals surface area contributed by atoms with Crippen LogP contribution in [0.5, 0.6) is 5.75 Å². The summed E-state index contributed by atoms with van der Waals surface area (Å²) in [6.07, 6.45) is 1.30. The maximum Gasteiger partial charge on any atom is 0.410 e. The molecule has 0 radical (unpaired) electrons. The second kappa shape index (κ2) is 10.1. The molecular weight excluding hydrogens is 436 g/mol. The maximum absolute atomic E-state index is 13.2. The number of hydrogen-bond acceptors (Lipinski definition) is 5. The van der Waals surface area contributed by atoms with E-state index in [4.69, 9.17) is 9.47 Å². The number of likely N-dealkylation sites (tertiary alicyclic amines) is 1. The summed E-state index contributed by atoms with van der Waals surface area (Å²) in [5.41, 5.74) is 0.490. The van der Waals surface area contributed by atoms with Crippen molar-refractivity contribution in [3.63, 3.8) is 0 Å². The Kier molecular flexibility index (Phi) is 7.87. The van der Waals surface area contributed by atoms with Gasteiger partial charge in [0.1, 0.15) is 16.1 Å². The summed E-state index contributed by atoms with van der Waals surface area (Å²) in [7, 11) is 1.68. The van der Waals surface area contributed by atoms with Gasteiger partial charge in [-0.15, -0.1) is 4.72 Å². The van der Waals surface area contributed by atoms with Gasteiger partial charge in [0.15, 0.2) is 0 Å². The lowest BCUT2D eigenvalue weighted by molar-refractivity contribution is 0.0171. The summed E-state index contributed by atoms with van der Waals surface area (Å²) in [6.45, 7) is 12.8. The summed E-state index contributed by atoms with van der Waals surface area (Å²) >= 11 is -1.26. The Morgan fingerprint density at radius 2 is 1.67 bits per heavy atom. The van der Waals surface area contributed by atoms with Gasteiger partial charge in [-0.3, -0.25) is 0 Å². The largest absolute Gasteiger partial charge is 0.598 e. The van der Waals surface area contributed by atoms with Crippen LogP contribution in [0, 0.1) is 5.92 Å². The first-order valence-electron chi connectivity index (χ1n) is 11.6. The molecule has 2 unspecified atom stereocenters. The molecule has 1 N–H and O–H groups in total. The van der Waals surface area contributed by atoms with Crippen molar-refractivity contribution in [3.8, 4) is 5.75 Å². The maximum atomic E-state index is 13.2. The van der Waals surface area contributed by atoms with Crippen LogP contribution in [-0.2, 0) is 16.1 Å². The van der Waals surface area contributed by atoms with E-state index in [-0.39, 0.29) is 18.1 Å². The first-order chi connectivity index (χ1) is 15.4. The number of carbonyl (C=O) groups is 1. The number of nitrogens with one attached hydrogen (secondary N) is 1. The van der Waals surface area contributed by atoms with E-state index in [2.05, 4.69) is 29.0 Å². The normalized spacial score (nSPS) is 17.6. The second-order valence-electron chi connectivity index (χ2n) is 10.7. The molecule has 2 aromatic rings. The first-order valence-corrected chi connectivity index (χ1v) is 12.8. The second-order valence-corrected chi connectivity index (χ2v) is 12.7. The van der Waals surface area contributed by atoms with E-state index in [9.17, 15) is 9.35 Å². The lowest BCUT2D eigenvalue weighted by Gasteiger charge is -2.38. The molecule has 1 aliphatic heterocycles. The molecule has 1 heterocycles. The van der Waals surface area contributed by atoms with Gasteiger partial charge in [0.25, 0.3) is 0 Å². The van der Waals surface area contributed by atoms with Crippen molar-refractivity contribution in [1.29, 1.82) is 0 Å². The molecule has 6 nitrogen and oxygen atoms in total. The minimum Gasteiger partial charge on any atom is -0.598 e. The van der Waals surface area contributed by atoms with Gasteiger partial charge in [-0.05, 0) is 83.2 Å². The van der Waals surface area contributed by atoms with E-state index in [1.807, 2.05) is 53.7 Å². The molecule has 3 rings (SSSR count). The molecular formula is C26H38N2O4S. The highest BCUT2D eigenvalue weighted by Gasteiger charge is 2.37. The van der Waals surface area contributed by atoms with E-state index in [1.54, 1.807) is 12.0 Å². The van der Waals surface area contributed by atoms with Crippen molar-refractivity contribution in [1.82, 2.24) is 9.62 Å². The van der Waals surface area contributed by atoms with Gasteiger partial charge in [-0.1, -0.05) is 24.3 Å². The summed E-state index contributed by atoms with van der Waals surface area (Å²) < 4.78 is 27.5. The zero-order valence-corrected chi connectivity index (χ0v) is 21.8. The Balaban J connectivity index is 1.89. The molecule has 0 aromatic heterocycles. The van der Waals surface area contributed by atoms with E-state index in [0.717, 1.165) is 34.9 Å². The Bertz CT molecular complexity index is 959. The van der Waals surface area contributed by atoms with Gasteiger partial charge in [0.2, 0.25) is 0 Å². The average Bonchev–Trinajstić information content (AvgIpc) is 2.74. The Morgan fingerprint density at radius 3 is 2.18 bits per heavy atom. The van der Waals surface area contributed by atoms with Crippen LogP contribution in [-0.4, -0.2) is 46.1 Å². The number of nitrogens with zero attached hydrogens (tertiary/aromatic N) is 1. The fourth-order valence-electron chi connectivity index (χ4n) is 4.10. The van der Waals surface area contributed by atoms with Crippen LogP contribution in [0.4, 0.5) is 4.79 Å². The third-order valence-electron chi connectivity index (χ3n) is 5.89. The molecule has 0 bridgehead atoms. The molecule has 33 heavy (non-hydrogen) atoms. The smallest absolute Gasteiger partial charge is 0.410 e. The standard InChI is InChI=1S/C26H38N2O4S/c1-25(2,3)32-24(29)28-14-12-18(13-15-28)23(27-33(30)26(4,5)6)21-16-19-10-8-9-11-20(19)17-22(21)31-7/h8-11,16-18,23,27H,12-15H2,1-7H3. The zero-order valence-electron chi connectivity index (χ0n) is 20.9. The minimum atomic E-state index is -1.26. The number of ether oxygens (including phenoxy) is 2. The fraction of sp³-hybridized carbons (Fsp3) is 0.577. The molecule has 1 saturated heterocycles. The van der Waals surface area contributed by atoms with Crippen molar-refractivity contribution in [2.45, 2.75) is 70.8 Å². The van der Waals surface area contributed by atoms with Crippen LogP contribution in [0.2, 0.25) is 0 Å². The van der Waals surface area contributed by atoms with Crippen LogP contribution in [0.25, 0.3) is 10.8 Å². The summed E-state index contributed by atoms with van der Waals surface area (Å²) in [4.78, 5) is 14.3. The van der Waals surface area contributed by atoms with Gasteiger partial charge in [-0.2, -0.15) is 0 Å². The number of amides is 1. The van der Waals surface area contributed by atoms with Gasteiger partial charge in [0, 0.05) is 30.0 Å².